The molecular formula is C13H17FO2. The predicted octanol–water partition coefficient (Wildman–Crippen LogP) is 2.99. The minimum Gasteiger partial charge on any atom is -0.494 e. The monoisotopic (exact) mass is 224 g/mol. The molecule has 0 aliphatic heterocycles. The van der Waals surface area contributed by atoms with Crippen molar-refractivity contribution in [2.45, 2.75) is 26.7 Å². The summed E-state index contributed by atoms with van der Waals surface area (Å²) in [5, 5.41) is 0. The maximum Gasteiger partial charge on any atom is 0.168 e. The molecule has 0 N–H and O–H groups in total. The average Bonchev–Trinajstić information content (AvgIpc) is 2.20. The van der Waals surface area contributed by atoms with Crippen LogP contribution < -0.4 is 4.74 Å². The van der Waals surface area contributed by atoms with Crippen molar-refractivity contribution in [3.05, 3.63) is 29.6 Å². The Labute approximate surface area is 95.4 Å². The van der Waals surface area contributed by atoms with Gasteiger partial charge < -0.3 is 4.74 Å². The van der Waals surface area contributed by atoms with E-state index in [2.05, 4.69) is 0 Å². The van der Waals surface area contributed by atoms with Crippen molar-refractivity contribution in [1.29, 1.82) is 0 Å². The van der Waals surface area contributed by atoms with Gasteiger partial charge in [-0.25, -0.2) is 4.39 Å². The maximum absolute atomic E-state index is 13.7. The number of Topliss-reactive ketones (excluding diaryl/α,β-unsaturated/α-hetero) is 1. The van der Waals surface area contributed by atoms with Gasteiger partial charge in [0, 0.05) is 12.8 Å². The lowest BCUT2D eigenvalue weighted by molar-refractivity contribution is -0.119. The van der Waals surface area contributed by atoms with Gasteiger partial charge >= 0.3 is 0 Å². The Morgan fingerprint density at radius 1 is 1.44 bits per heavy atom. The first-order chi connectivity index (χ1) is 7.54. The smallest absolute Gasteiger partial charge is 0.168 e. The quantitative estimate of drug-likeness (QED) is 0.768. The molecule has 3 heteroatoms. The number of methoxy groups -OCH3 is 1. The zero-order valence-electron chi connectivity index (χ0n) is 9.92. The number of ether oxygens (including phenoxy) is 1. The van der Waals surface area contributed by atoms with Crippen molar-refractivity contribution in [2.24, 2.45) is 5.92 Å². The molecule has 0 spiro atoms. The van der Waals surface area contributed by atoms with Crippen LogP contribution in [0, 0.1) is 11.7 Å². The second kappa shape index (κ2) is 5.64. The van der Waals surface area contributed by atoms with E-state index in [4.69, 9.17) is 4.74 Å². The number of carbonyl (C=O) groups excluding carboxylic acids is 1. The molecule has 2 nitrogen and oxygen atoms in total. The fraction of sp³-hybridized carbons (Fsp3) is 0.462. The Morgan fingerprint density at radius 3 is 2.69 bits per heavy atom. The minimum atomic E-state index is -0.429. The van der Waals surface area contributed by atoms with Crippen LogP contribution in [-0.4, -0.2) is 12.9 Å². The summed E-state index contributed by atoms with van der Waals surface area (Å²) >= 11 is 0. The van der Waals surface area contributed by atoms with Crippen molar-refractivity contribution < 1.29 is 13.9 Å². The van der Waals surface area contributed by atoms with Crippen molar-refractivity contribution in [3.8, 4) is 5.75 Å². The fourth-order valence-corrected chi connectivity index (χ4v) is 1.59. The van der Waals surface area contributed by atoms with Gasteiger partial charge in [0.1, 0.15) is 5.78 Å². The Kier molecular flexibility index (Phi) is 4.47. The van der Waals surface area contributed by atoms with Crippen molar-refractivity contribution in [3.63, 3.8) is 0 Å². The number of hydrogen-bond acceptors (Lipinski definition) is 2. The summed E-state index contributed by atoms with van der Waals surface area (Å²) in [6, 6.07) is 4.86. The van der Waals surface area contributed by atoms with Gasteiger partial charge in [0.25, 0.3) is 0 Å². The summed E-state index contributed by atoms with van der Waals surface area (Å²) in [6.45, 7) is 3.94. The zero-order chi connectivity index (χ0) is 12.1. The lowest BCUT2D eigenvalue weighted by atomic mass is 10.0. The zero-order valence-corrected chi connectivity index (χ0v) is 9.92. The molecule has 0 bridgehead atoms. The number of rotatable bonds is 5. The predicted molar refractivity (Wildman–Crippen MR) is 61.1 cm³/mol. The van der Waals surface area contributed by atoms with E-state index < -0.39 is 5.82 Å². The Bertz CT molecular complexity index is 372. The Balaban J connectivity index is 2.77. The molecule has 1 aromatic rings. The topological polar surface area (TPSA) is 26.3 Å². The first-order valence-corrected chi connectivity index (χ1v) is 5.37. The molecule has 0 heterocycles. The van der Waals surface area contributed by atoms with Crippen LogP contribution in [0.4, 0.5) is 4.39 Å². The van der Waals surface area contributed by atoms with E-state index in [9.17, 15) is 9.18 Å². The number of ketones is 1. The third-order valence-corrected chi connectivity index (χ3v) is 2.29. The highest BCUT2D eigenvalue weighted by Crippen LogP contribution is 2.21. The normalized spacial score (nSPS) is 10.6. The summed E-state index contributed by atoms with van der Waals surface area (Å²) in [5.41, 5.74) is 0.407. The molecule has 0 saturated carbocycles. The van der Waals surface area contributed by atoms with Crippen LogP contribution in [0.15, 0.2) is 18.2 Å². The van der Waals surface area contributed by atoms with Crippen LogP contribution >= 0.6 is 0 Å². The van der Waals surface area contributed by atoms with Crippen LogP contribution in [0.25, 0.3) is 0 Å². The van der Waals surface area contributed by atoms with Crippen molar-refractivity contribution in [1.82, 2.24) is 0 Å². The summed E-state index contributed by atoms with van der Waals surface area (Å²) in [7, 11) is 1.41. The van der Waals surface area contributed by atoms with Crippen LogP contribution in [0.2, 0.25) is 0 Å². The van der Waals surface area contributed by atoms with E-state index >= 15 is 0 Å². The van der Waals surface area contributed by atoms with Crippen molar-refractivity contribution in [2.75, 3.05) is 7.11 Å². The molecule has 0 aromatic heterocycles. The number of carbonyl (C=O) groups is 1. The summed E-state index contributed by atoms with van der Waals surface area (Å²) in [6.07, 6.45) is 0.623. The van der Waals surface area contributed by atoms with Gasteiger partial charge in [0.2, 0.25) is 0 Å². The first kappa shape index (κ1) is 12.7. The molecular weight excluding hydrogens is 207 g/mol. The highest BCUT2D eigenvalue weighted by atomic mass is 19.1. The molecule has 1 aromatic carbocycles. The van der Waals surface area contributed by atoms with Gasteiger partial charge in [-0.2, -0.15) is 0 Å². The maximum atomic E-state index is 13.7. The first-order valence-electron chi connectivity index (χ1n) is 5.37. The molecule has 0 fully saturated rings. The van der Waals surface area contributed by atoms with E-state index in [0.717, 1.165) is 0 Å². The summed E-state index contributed by atoms with van der Waals surface area (Å²) in [5.74, 6) is 0.125. The highest BCUT2D eigenvalue weighted by molar-refractivity contribution is 5.81. The fourth-order valence-electron chi connectivity index (χ4n) is 1.59. The van der Waals surface area contributed by atoms with Gasteiger partial charge in [0.15, 0.2) is 11.6 Å². The van der Waals surface area contributed by atoms with Gasteiger partial charge in [-0.05, 0) is 17.5 Å². The number of hydrogen-bond donors (Lipinski definition) is 0. The van der Waals surface area contributed by atoms with Crippen molar-refractivity contribution >= 4 is 5.78 Å². The lowest BCUT2D eigenvalue weighted by Crippen LogP contribution is -2.08. The van der Waals surface area contributed by atoms with E-state index in [1.807, 2.05) is 13.8 Å². The molecule has 16 heavy (non-hydrogen) atoms. The van der Waals surface area contributed by atoms with Crippen LogP contribution in [-0.2, 0) is 11.2 Å². The molecule has 0 saturated heterocycles. The standard InChI is InChI=1S/C13H17FO2/c1-9(2)7-11(15)8-10-5-4-6-12(16-3)13(10)14/h4-6,9H,7-8H2,1-3H3. The Hall–Kier alpha value is -1.38. The third kappa shape index (κ3) is 3.33. The summed E-state index contributed by atoms with van der Waals surface area (Å²) < 4.78 is 18.6. The Morgan fingerprint density at radius 2 is 2.12 bits per heavy atom. The average molecular weight is 224 g/mol. The van der Waals surface area contributed by atoms with Gasteiger partial charge in [-0.1, -0.05) is 26.0 Å². The van der Waals surface area contributed by atoms with Crippen LogP contribution in [0.1, 0.15) is 25.8 Å². The molecule has 0 aliphatic carbocycles. The summed E-state index contributed by atoms with van der Waals surface area (Å²) in [4.78, 5) is 11.6. The largest absolute Gasteiger partial charge is 0.494 e. The van der Waals surface area contributed by atoms with Gasteiger partial charge in [-0.15, -0.1) is 0 Å². The van der Waals surface area contributed by atoms with Gasteiger partial charge in [-0.3, -0.25) is 4.79 Å². The SMILES string of the molecule is COc1cccc(CC(=O)CC(C)C)c1F. The van der Waals surface area contributed by atoms with Crippen LogP contribution in [0.3, 0.4) is 0 Å². The van der Waals surface area contributed by atoms with E-state index in [0.29, 0.717) is 17.9 Å². The second-order valence-electron chi connectivity index (χ2n) is 4.25. The van der Waals surface area contributed by atoms with E-state index in [1.165, 1.54) is 7.11 Å². The van der Waals surface area contributed by atoms with E-state index in [-0.39, 0.29) is 18.0 Å². The third-order valence-electron chi connectivity index (χ3n) is 2.29. The number of benzene rings is 1. The van der Waals surface area contributed by atoms with Crippen LogP contribution in [0.5, 0.6) is 5.75 Å². The second-order valence-corrected chi connectivity index (χ2v) is 4.25. The molecule has 88 valence electrons. The minimum absolute atomic E-state index is 0.0575. The highest BCUT2D eigenvalue weighted by Gasteiger charge is 2.12. The van der Waals surface area contributed by atoms with Gasteiger partial charge in [0.05, 0.1) is 7.11 Å². The molecule has 0 radical (unpaired) electrons. The molecule has 0 amide bonds. The number of halogens is 1. The molecule has 0 atom stereocenters. The lowest BCUT2D eigenvalue weighted by Gasteiger charge is -2.07. The van der Waals surface area contributed by atoms with E-state index in [1.54, 1.807) is 18.2 Å². The molecule has 0 unspecified atom stereocenters. The molecule has 0 aliphatic rings. The molecule has 1 rings (SSSR count).